The topological polar surface area (TPSA) is 29.5 Å². The first-order valence-corrected chi connectivity index (χ1v) is 8.00. The highest BCUT2D eigenvalue weighted by molar-refractivity contribution is 5.70. The van der Waals surface area contributed by atoms with Crippen molar-refractivity contribution in [3.63, 3.8) is 0 Å². The number of rotatable bonds is 4. The van der Waals surface area contributed by atoms with Crippen LogP contribution in [0.4, 0.5) is 9.18 Å². The molecule has 0 unspecified atom stereocenters. The number of carbonyl (C=O) groups excluding carboxylic acids is 1. The normalized spacial score (nSPS) is 21.9. The smallest absolute Gasteiger partial charge is 0.411 e. The number of ether oxygens (including phenoxy) is 1. The number of halogens is 1. The fourth-order valence-corrected chi connectivity index (χ4v) is 3.10. The Morgan fingerprint density at radius 1 is 1.21 bits per heavy atom. The van der Waals surface area contributed by atoms with Crippen LogP contribution in [0.2, 0.25) is 0 Å². The van der Waals surface area contributed by atoms with Crippen LogP contribution in [0.1, 0.15) is 30.5 Å². The van der Waals surface area contributed by atoms with Crippen molar-refractivity contribution in [2.45, 2.75) is 25.0 Å². The minimum Gasteiger partial charge on any atom is -0.434 e. The van der Waals surface area contributed by atoms with Gasteiger partial charge in [-0.3, -0.25) is 0 Å². The molecule has 1 amide bonds. The Labute approximate surface area is 141 Å². The van der Waals surface area contributed by atoms with E-state index in [9.17, 15) is 9.18 Å². The van der Waals surface area contributed by atoms with Crippen molar-refractivity contribution in [2.24, 2.45) is 0 Å². The maximum absolute atomic E-state index is 13.2. The summed E-state index contributed by atoms with van der Waals surface area (Å²) in [6.07, 6.45) is 1.81. The van der Waals surface area contributed by atoms with Crippen molar-refractivity contribution in [1.29, 1.82) is 0 Å². The van der Waals surface area contributed by atoms with Crippen LogP contribution in [0, 0.1) is 5.82 Å². The average Bonchev–Trinajstić information content (AvgIpc) is 2.62. The molecule has 24 heavy (non-hydrogen) atoms. The molecule has 1 aliphatic heterocycles. The average molecular weight is 325 g/mol. The molecule has 2 atom stereocenters. The molecular formula is C20H20FNO2. The van der Waals surface area contributed by atoms with E-state index in [4.69, 9.17) is 4.74 Å². The number of benzene rings is 2. The molecule has 0 bridgehead atoms. The molecule has 0 aliphatic carbocycles. The summed E-state index contributed by atoms with van der Waals surface area (Å²) in [4.78, 5) is 14.3. The minimum atomic E-state index is -0.905. The molecule has 0 aromatic heterocycles. The Bertz CT molecular complexity index is 729. The quantitative estimate of drug-likeness (QED) is 0.755. The van der Waals surface area contributed by atoms with Gasteiger partial charge in [-0.2, -0.15) is 0 Å². The van der Waals surface area contributed by atoms with Crippen molar-refractivity contribution in [1.82, 2.24) is 4.90 Å². The van der Waals surface area contributed by atoms with Crippen molar-refractivity contribution >= 4 is 6.09 Å². The predicted molar refractivity (Wildman–Crippen MR) is 90.9 cm³/mol. The second kappa shape index (κ2) is 6.48. The van der Waals surface area contributed by atoms with E-state index < -0.39 is 5.60 Å². The monoisotopic (exact) mass is 325 g/mol. The van der Waals surface area contributed by atoms with Gasteiger partial charge in [0.2, 0.25) is 0 Å². The first-order valence-electron chi connectivity index (χ1n) is 8.00. The zero-order valence-corrected chi connectivity index (χ0v) is 13.6. The van der Waals surface area contributed by atoms with Crippen LogP contribution < -0.4 is 0 Å². The molecule has 3 rings (SSSR count). The van der Waals surface area contributed by atoms with Gasteiger partial charge < -0.3 is 9.64 Å². The zero-order valence-electron chi connectivity index (χ0n) is 13.6. The van der Waals surface area contributed by atoms with Crippen molar-refractivity contribution in [3.05, 3.63) is 84.2 Å². The van der Waals surface area contributed by atoms with E-state index >= 15 is 0 Å². The van der Waals surface area contributed by atoms with Crippen LogP contribution in [-0.4, -0.2) is 17.5 Å². The molecule has 3 nitrogen and oxygen atoms in total. The maximum Gasteiger partial charge on any atom is 0.411 e. The molecular weight excluding hydrogens is 305 g/mol. The van der Waals surface area contributed by atoms with Crippen LogP contribution in [0.25, 0.3) is 0 Å². The third-order valence-corrected chi connectivity index (χ3v) is 4.64. The first-order chi connectivity index (χ1) is 11.6. The molecule has 2 aromatic rings. The van der Waals surface area contributed by atoms with Gasteiger partial charge in [-0.25, -0.2) is 9.18 Å². The highest BCUT2D eigenvalue weighted by Crippen LogP contribution is 2.37. The number of hydrogen-bond donors (Lipinski definition) is 0. The summed E-state index contributed by atoms with van der Waals surface area (Å²) < 4.78 is 18.9. The fraction of sp³-hybridized carbons (Fsp3) is 0.250. The molecule has 4 heteroatoms. The Morgan fingerprint density at radius 3 is 2.46 bits per heavy atom. The molecule has 2 aromatic carbocycles. The summed E-state index contributed by atoms with van der Waals surface area (Å²) in [6, 6.07) is 15.8. The lowest BCUT2D eigenvalue weighted by atomic mass is 9.88. The Hall–Kier alpha value is -2.62. The SMILES string of the molecule is C=C[C@]1(c2ccc(F)cc2)CCN([C@@H](C)c2ccccc2)C(=O)O1. The van der Waals surface area contributed by atoms with Crippen molar-refractivity contribution in [3.8, 4) is 0 Å². The van der Waals surface area contributed by atoms with Crippen LogP contribution in [0.15, 0.2) is 67.3 Å². The second-order valence-corrected chi connectivity index (χ2v) is 6.00. The molecule has 124 valence electrons. The summed E-state index contributed by atoms with van der Waals surface area (Å²) in [5, 5.41) is 0. The van der Waals surface area contributed by atoms with E-state index in [1.54, 1.807) is 23.1 Å². The van der Waals surface area contributed by atoms with Gasteiger partial charge in [-0.15, -0.1) is 0 Å². The van der Waals surface area contributed by atoms with E-state index in [1.165, 1.54) is 12.1 Å². The van der Waals surface area contributed by atoms with Gasteiger partial charge in [0.05, 0.1) is 6.04 Å². The Morgan fingerprint density at radius 2 is 1.88 bits per heavy atom. The van der Waals surface area contributed by atoms with Gasteiger partial charge in [0.15, 0.2) is 5.60 Å². The highest BCUT2D eigenvalue weighted by Gasteiger charge is 2.41. The van der Waals surface area contributed by atoms with E-state index in [0.717, 1.165) is 11.1 Å². The van der Waals surface area contributed by atoms with Gasteiger partial charge in [0.1, 0.15) is 5.82 Å². The van der Waals surface area contributed by atoms with Crippen LogP contribution in [-0.2, 0) is 10.3 Å². The largest absolute Gasteiger partial charge is 0.434 e. The number of amides is 1. The van der Waals surface area contributed by atoms with E-state index in [0.29, 0.717) is 13.0 Å². The number of carbonyl (C=O) groups is 1. The predicted octanol–water partition coefficient (Wildman–Crippen LogP) is 4.81. The minimum absolute atomic E-state index is 0.0743. The molecule has 1 heterocycles. The third-order valence-electron chi connectivity index (χ3n) is 4.64. The van der Waals surface area contributed by atoms with Crippen LogP contribution >= 0.6 is 0 Å². The standard InChI is InChI=1S/C20H20FNO2/c1-3-20(17-9-11-18(21)12-10-17)13-14-22(19(23)24-20)15(2)16-7-5-4-6-8-16/h3-12,15H,1,13-14H2,2H3/t15-,20+/m0/s1. The van der Waals surface area contributed by atoms with Gasteiger partial charge in [-0.05, 0) is 36.3 Å². The lowest BCUT2D eigenvalue weighted by molar-refractivity contribution is -0.0313. The lowest BCUT2D eigenvalue weighted by Crippen LogP contribution is -2.47. The molecule has 0 spiro atoms. The van der Waals surface area contributed by atoms with E-state index in [-0.39, 0.29) is 18.0 Å². The Balaban J connectivity index is 1.82. The number of nitrogens with zero attached hydrogens (tertiary/aromatic N) is 1. The van der Waals surface area contributed by atoms with E-state index in [2.05, 4.69) is 6.58 Å². The maximum atomic E-state index is 13.2. The molecule has 1 saturated heterocycles. The highest BCUT2D eigenvalue weighted by atomic mass is 19.1. The summed E-state index contributed by atoms with van der Waals surface area (Å²) >= 11 is 0. The molecule has 1 fully saturated rings. The third kappa shape index (κ3) is 2.92. The van der Waals surface area contributed by atoms with Crippen LogP contribution in [0.3, 0.4) is 0 Å². The summed E-state index contributed by atoms with van der Waals surface area (Å²) in [5.74, 6) is -0.320. The second-order valence-electron chi connectivity index (χ2n) is 6.00. The summed E-state index contributed by atoms with van der Waals surface area (Å²) in [5.41, 5.74) is 0.888. The molecule has 0 saturated carbocycles. The first kappa shape index (κ1) is 16.2. The number of cyclic esters (lactones) is 1. The Kier molecular flexibility index (Phi) is 4.38. The van der Waals surface area contributed by atoms with Gasteiger partial charge in [0, 0.05) is 13.0 Å². The zero-order chi connectivity index (χ0) is 17.2. The molecule has 0 radical (unpaired) electrons. The van der Waals surface area contributed by atoms with Gasteiger partial charge in [0.25, 0.3) is 0 Å². The van der Waals surface area contributed by atoms with Crippen molar-refractivity contribution in [2.75, 3.05) is 6.54 Å². The van der Waals surface area contributed by atoms with E-state index in [1.807, 2.05) is 37.3 Å². The summed E-state index contributed by atoms with van der Waals surface area (Å²) in [6.45, 7) is 6.35. The molecule has 1 aliphatic rings. The van der Waals surface area contributed by atoms with Crippen LogP contribution in [0.5, 0.6) is 0 Å². The number of hydrogen-bond acceptors (Lipinski definition) is 2. The molecule has 0 N–H and O–H groups in total. The lowest BCUT2D eigenvalue weighted by Gasteiger charge is -2.42. The summed E-state index contributed by atoms with van der Waals surface area (Å²) in [7, 11) is 0. The van der Waals surface area contributed by atoms with Crippen molar-refractivity contribution < 1.29 is 13.9 Å². The van der Waals surface area contributed by atoms with Gasteiger partial charge in [-0.1, -0.05) is 49.0 Å². The fourth-order valence-electron chi connectivity index (χ4n) is 3.10. The van der Waals surface area contributed by atoms with Gasteiger partial charge >= 0.3 is 6.09 Å².